The highest BCUT2D eigenvalue weighted by molar-refractivity contribution is 7.98. The quantitative estimate of drug-likeness (QED) is 0.622. The summed E-state index contributed by atoms with van der Waals surface area (Å²) >= 11 is 3.45. The predicted octanol–water partition coefficient (Wildman–Crippen LogP) is 3.81. The second-order valence-corrected chi connectivity index (χ2v) is 6.26. The standard InChI is InChI=1S/C16H17NOS2/c18-16(9-8-15-7-4-11-20-15)17-10-12-19-13-14-5-2-1-3-6-14/h1-9,11H,10,12-13H2,(H,17,18)/b9-8+. The lowest BCUT2D eigenvalue weighted by molar-refractivity contribution is -0.116. The van der Waals surface area contributed by atoms with E-state index in [-0.39, 0.29) is 5.91 Å². The molecule has 0 spiro atoms. The van der Waals surface area contributed by atoms with Crippen LogP contribution in [0.3, 0.4) is 0 Å². The molecule has 0 aliphatic rings. The molecule has 0 aliphatic carbocycles. The maximum atomic E-state index is 11.6. The van der Waals surface area contributed by atoms with Gasteiger partial charge in [0.05, 0.1) is 0 Å². The van der Waals surface area contributed by atoms with Crippen molar-refractivity contribution in [3.63, 3.8) is 0 Å². The summed E-state index contributed by atoms with van der Waals surface area (Å²) in [5.41, 5.74) is 1.32. The summed E-state index contributed by atoms with van der Waals surface area (Å²) in [6.07, 6.45) is 3.44. The number of hydrogen-bond acceptors (Lipinski definition) is 3. The van der Waals surface area contributed by atoms with Crippen LogP contribution >= 0.6 is 23.1 Å². The number of thiophene rings is 1. The van der Waals surface area contributed by atoms with Crippen LogP contribution in [0.4, 0.5) is 0 Å². The zero-order chi connectivity index (χ0) is 14.0. The highest BCUT2D eigenvalue weighted by Crippen LogP contribution is 2.11. The van der Waals surface area contributed by atoms with Crippen molar-refractivity contribution in [1.82, 2.24) is 5.32 Å². The molecular formula is C16H17NOS2. The first-order chi connectivity index (χ1) is 9.84. The Hall–Kier alpha value is -1.52. The number of benzene rings is 1. The SMILES string of the molecule is O=C(/C=C/c1cccs1)NCCSCc1ccccc1. The second-order valence-electron chi connectivity index (χ2n) is 4.18. The molecule has 0 saturated heterocycles. The predicted molar refractivity (Wildman–Crippen MR) is 89.0 cm³/mol. The van der Waals surface area contributed by atoms with Gasteiger partial charge in [-0.3, -0.25) is 4.79 Å². The van der Waals surface area contributed by atoms with Crippen LogP contribution in [-0.2, 0) is 10.5 Å². The molecule has 4 heteroatoms. The van der Waals surface area contributed by atoms with Crippen molar-refractivity contribution in [2.75, 3.05) is 12.3 Å². The smallest absolute Gasteiger partial charge is 0.244 e. The van der Waals surface area contributed by atoms with Crippen molar-refractivity contribution in [2.24, 2.45) is 0 Å². The van der Waals surface area contributed by atoms with E-state index in [0.29, 0.717) is 6.54 Å². The highest BCUT2D eigenvalue weighted by Gasteiger charge is 1.96. The summed E-state index contributed by atoms with van der Waals surface area (Å²) in [6.45, 7) is 0.700. The lowest BCUT2D eigenvalue weighted by Gasteiger charge is -2.03. The Kier molecular flexibility index (Phi) is 6.41. The van der Waals surface area contributed by atoms with Crippen LogP contribution in [0.25, 0.3) is 6.08 Å². The third kappa shape index (κ3) is 5.63. The van der Waals surface area contributed by atoms with Crippen LogP contribution in [0.1, 0.15) is 10.4 Å². The van der Waals surface area contributed by atoms with Gasteiger partial charge >= 0.3 is 0 Å². The van der Waals surface area contributed by atoms with E-state index in [9.17, 15) is 4.79 Å². The van der Waals surface area contributed by atoms with Crippen molar-refractivity contribution >= 4 is 35.1 Å². The number of hydrogen-bond donors (Lipinski definition) is 1. The normalized spacial score (nSPS) is 10.8. The average molecular weight is 303 g/mol. The van der Waals surface area contributed by atoms with E-state index in [2.05, 4.69) is 17.4 Å². The van der Waals surface area contributed by atoms with Gasteiger partial charge in [-0.05, 0) is 23.1 Å². The van der Waals surface area contributed by atoms with Gasteiger partial charge in [-0.2, -0.15) is 11.8 Å². The van der Waals surface area contributed by atoms with Crippen LogP contribution in [0.5, 0.6) is 0 Å². The Labute approximate surface area is 127 Å². The minimum absolute atomic E-state index is 0.0290. The zero-order valence-electron chi connectivity index (χ0n) is 11.1. The molecule has 0 aliphatic heterocycles. The lowest BCUT2D eigenvalue weighted by atomic mass is 10.2. The Balaban J connectivity index is 1.58. The zero-order valence-corrected chi connectivity index (χ0v) is 12.8. The van der Waals surface area contributed by atoms with Gasteiger partial charge < -0.3 is 5.32 Å². The first-order valence-electron chi connectivity index (χ1n) is 6.46. The fourth-order valence-electron chi connectivity index (χ4n) is 1.61. The molecule has 0 unspecified atom stereocenters. The van der Waals surface area contributed by atoms with Crippen molar-refractivity contribution in [1.29, 1.82) is 0 Å². The minimum Gasteiger partial charge on any atom is -0.352 e. The molecular weight excluding hydrogens is 286 g/mol. The van der Waals surface area contributed by atoms with Gasteiger partial charge in [0.15, 0.2) is 0 Å². The second kappa shape index (κ2) is 8.61. The van der Waals surface area contributed by atoms with Gasteiger partial charge in [0.25, 0.3) is 0 Å². The molecule has 1 heterocycles. The summed E-state index contributed by atoms with van der Waals surface area (Å²) in [7, 11) is 0. The lowest BCUT2D eigenvalue weighted by Crippen LogP contribution is -2.23. The van der Waals surface area contributed by atoms with Crippen LogP contribution in [0, 0.1) is 0 Å². The summed E-state index contributed by atoms with van der Waals surface area (Å²) in [6, 6.07) is 14.3. The van der Waals surface area contributed by atoms with Crippen LogP contribution < -0.4 is 5.32 Å². The largest absolute Gasteiger partial charge is 0.352 e. The summed E-state index contributed by atoms with van der Waals surface area (Å²) < 4.78 is 0. The topological polar surface area (TPSA) is 29.1 Å². The number of carbonyl (C=O) groups excluding carboxylic acids is 1. The van der Waals surface area contributed by atoms with Gasteiger partial charge in [-0.15, -0.1) is 11.3 Å². The maximum Gasteiger partial charge on any atom is 0.244 e. The van der Waals surface area contributed by atoms with E-state index in [1.54, 1.807) is 17.4 Å². The molecule has 1 aromatic heterocycles. The van der Waals surface area contributed by atoms with Crippen molar-refractivity contribution in [2.45, 2.75) is 5.75 Å². The van der Waals surface area contributed by atoms with Crippen LogP contribution in [0.2, 0.25) is 0 Å². The molecule has 104 valence electrons. The van der Waals surface area contributed by atoms with E-state index in [4.69, 9.17) is 0 Å². The third-order valence-corrected chi connectivity index (χ3v) is 4.47. The maximum absolute atomic E-state index is 11.6. The average Bonchev–Trinajstić information content (AvgIpc) is 2.99. The molecule has 1 aromatic carbocycles. The van der Waals surface area contributed by atoms with Gasteiger partial charge in [0.1, 0.15) is 0 Å². The number of thioether (sulfide) groups is 1. The van der Waals surface area contributed by atoms with Gasteiger partial charge in [-0.25, -0.2) is 0 Å². The summed E-state index contributed by atoms with van der Waals surface area (Å²) in [5.74, 6) is 1.88. The van der Waals surface area contributed by atoms with Crippen molar-refractivity contribution < 1.29 is 4.79 Å². The summed E-state index contributed by atoms with van der Waals surface area (Å²) in [4.78, 5) is 12.7. The first kappa shape index (κ1) is 14.9. The van der Waals surface area contributed by atoms with Gasteiger partial charge in [0.2, 0.25) is 5.91 Å². The molecule has 0 atom stereocenters. The number of carbonyl (C=O) groups is 1. The molecule has 1 amide bonds. The number of rotatable bonds is 7. The number of amides is 1. The Morgan fingerprint density at radius 2 is 2.05 bits per heavy atom. The highest BCUT2D eigenvalue weighted by atomic mass is 32.2. The molecule has 2 rings (SSSR count). The molecule has 0 radical (unpaired) electrons. The fourth-order valence-corrected chi connectivity index (χ4v) is 3.05. The van der Waals surface area contributed by atoms with Crippen molar-refractivity contribution in [3.05, 3.63) is 64.4 Å². The van der Waals surface area contributed by atoms with E-state index in [1.165, 1.54) is 5.56 Å². The third-order valence-electron chi connectivity index (χ3n) is 2.60. The fraction of sp³-hybridized carbons (Fsp3) is 0.188. The number of nitrogens with one attached hydrogen (secondary N) is 1. The van der Waals surface area contributed by atoms with E-state index >= 15 is 0 Å². The van der Waals surface area contributed by atoms with E-state index < -0.39 is 0 Å². The molecule has 20 heavy (non-hydrogen) atoms. The van der Waals surface area contributed by atoms with Crippen LogP contribution in [-0.4, -0.2) is 18.2 Å². The molecule has 1 N–H and O–H groups in total. The van der Waals surface area contributed by atoms with Gasteiger partial charge in [-0.1, -0.05) is 36.4 Å². The molecule has 0 bridgehead atoms. The monoisotopic (exact) mass is 303 g/mol. The molecule has 2 aromatic rings. The Bertz CT molecular complexity index is 535. The van der Waals surface area contributed by atoms with E-state index in [1.807, 2.05) is 53.5 Å². The molecule has 0 saturated carbocycles. The molecule has 2 nitrogen and oxygen atoms in total. The summed E-state index contributed by atoms with van der Waals surface area (Å²) in [5, 5.41) is 4.89. The van der Waals surface area contributed by atoms with Gasteiger partial charge in [0, 0.05) is 29.0 Å². The first-order valence-corrected chi connectivity index (χ1v) is 8.49. The van der Waals surface area contributed by atoms with E-state index in [0.717, 1.165) is 16.4 Å². The van der Waals surface area contributed by atoms with Crippen molar-refractivity contribution in [3.8, 4) is 0 Å². The minimum atomic E-state index is -0.0290. The Morgan fingerprint density at radius 3 is 2.80 bits per heavy atom. The van der Waals surface area contributed by atoms with Crippen LogP contribution in [0.15, 0.2) is 53.9 Å². The molecule has 0 fully saturated rings. The Morgan fingerprint density at radius 1 is 1.20 bits per heavy atom.